The molecule has 0 aliphatic heterocycles. The second kappa shape index (κ2) is 15.5. The Morgan fingerprint density at radius 2 is 1.54 bits per heavy atom. The number of hydrogen-bond donors (Lipinski definition) is 7. The fourth-order valence-electron chi connectivity index (χ4n) is 3.32. The minimum atomic E-state index is -1.95. The summed E-state index contributed by atoms with van der Waals surface area (Å²) in [5.41, 5.74) is 5.80. The van der Waals surface area contributed by atoms with Gasteiger partial charge < -0.3 is 41.8 Å². The summed E-state index contributed by atoms with van der Waals surface area (Å²) >= 11 is 0. The van der Waals surface area contributed by atoms with Gasteiger partial charge in [-0.05, 0) is 24.8 Å². The first-order valence-corrected chi connectivity index (χ1v) is 11.8. The molecule has 1 aromatic rings. The van der Waals surface area contributed by atoms with Crippen LogP contribution >= 0.6 is 0 Å². The first kappa shape index (κ1) is 31.4. The fraction of sp³-hybridized carbons (Fsp3) is 0.522. The number of alkyl carbamates (subject to hydrolysis) is 1. The van der Waals surface area contributed by atoms with Crippen molar-refractivity contribution in [3.63, 3.8) is 0 Å². The number of primary amides is 1. The maximum Gasteiger partial charge on any atom is 0.475 e. The normalized spacial score (nSPS) is 13.9. The molecule has 4 atom stereocenters. The van der Waals surface area contributed by atoms with E-state index in [4.69, 9.17) is 5.73 Å². The van der Waals surface area contributed by atoms with E-state index in [0.29, 0.717) is 0 Å². The lowest BCUT2D eigenvalue weighted by atomic mass is 9.76. The number of carbonyl (C=O) groups is 5. The molecule has 0 fully saturated rings. The summed E-state index contributed by atoms with van der Waals surface area (Å²) < 4.78 is 4.57. The van der Waals surface area contributed by atoms with Gasteiger partial charge in [-0.25, -0.2) is 4.79 Å². The molecule has 8 N–H and O–H groups in total. The van der Waals surface area contributed by atoms with Gasteiger partial charge in [0.25, 0.3) is 0 Å². The summed E-state index contributed by atoms with van der Waals surface area (Å²) in [5, 5.41) is 28.9. The van der Waals surface area contributed by atoms with Gasteiger partial charge in [0.15, 0.2) is 0 Å². The minimum Gasteiger partial charge on any atom is -0.453 e. The minimum absolute atomic E-state index is 0.0897. The van der Waals surface area contributed by atoms with Crippen LogP contribution in [0.3, 0.4) is 0 Å². The molecule has 1 aromatic carbocycles. The van der Waals surface area contributed by atoms with Crippen LogP contribution in [0.1, 0.15) is 39.2 Å². The zero-order valence-electron chi connectivity index (χ0n) is 21.4. The zero-order chi connectivity index (χ0) is 28.1. The Hall–Kier alpha value is -3.65. The number of benzene rings is 1. The fourth-order valence-corrected chi connectivity index (χ4v) is 3.32. The van der Waals surface area contributed by atoms with E-state index in [1.165, 1.54) is 6.92 Å². The van der Waals surface area contributed by atoms with Crippen molar-refractivity contribution in [2.45, 2.75) is 64.1 Å². The molecule has 5 amide bonds. The first-order valence-electron chi connectivity index (χ1n) is 11.8. The van der Waals surface area contributed by atoms with Crippen LogP contribution in [0.5, 0.6) is 0 Å². The molecule has 1 unspecified atom stereocenters. The Labute approximate surface area is 216 Å². The Morgan fingerprint density at radius 1 is 0.919 bits per heavy atom. The van der Waals surface area contributed by atoms with E-state index in [-0.39, 0.29) is 25.2 Å². The van der Waals surface area contributed by atoms with Crippen molar-refractivity contribution in [2.24, 2.45) is 11.7 Å². The van der Waals surface area contributed by atoms with Gasteiger partial charge in [0.1, 0.15) is 18.1 Å². The van der Waals surface area contributed by atoms with Crippen LogP contribution in [0.25, 0.3) is 0 Å². The molecule has 204 valence electrons. The Kier molecular flexibility index (Phi) is 13.1. The van der Waals surface area contributed by atoms with Gasteiger partial charge in [0.05, 0.1) is 13.1 Å². The molecule has 0 aliphatic carbocycles. The number of carbonyl (C=O) groups excluding carboxylic acids is 5. The highest BCUT2D eigenvalue weighted by molar-refractivity contribution is 6.43. The molecule has 13 nitrogen and oxygen atoms in total. The molecule has 0 aliphatic rings. The van der Waals surface area contributed by atoms with Crippen molar-refractivity contribution in [3.05, 3.63) is 35.9 Å². The van der Waals surface area contributed by atoms with E-state index in [2.05, 4.69) is 26.0 Å². The van der Waals surface area contributed by atoms with Gasteiger partial charge >= 0.3 is 13.2 Å². The van der Waals surface area contributed by atoms with Crippen LogP contribution in [-0.4, -0.2) is 78.1 Å². The third-order valence-corrected chi connectivity index (χ3v) is 5.46. The van der Waals surface area contributed by atoms with Crippen molar-refractivity contribution >= 4 is 36.8 Å². The highest BCUT2D eigenvalue weighted by Gasteiger charge is 2.32. The molecule has 0 saturated heterocycles. The van der Waals surface area contributed by atoms with Gasteiger partial charge in [0.2, 0.25) is 23.6 Å². The number of ether oxygens (including phenoxy) is 1. The predicted molar refractivity (Wildman–Crippen MR) is 134 cm³/mol. The van der Waals surface area contributed by atoms with E-state index >= 15 is 0 Å². The number of amides is 5. The molecule has 0 spiro atoms. The predicted octanol–water partition coefficient (Wildman–Crippen LogP) is -1.64. The van der Waals surface area contributed by atoms with E-state index in [1.54, 1.807) is 44.2 Å². The lowest BCUT2D eigenvalue weighted by Gasteiger charge is -2.26. The number of hydrogen-bond acceptors (Lipinski definition) is 8. The van der Waals surface area contributed by atoms with E-state index in [1.807, 2.05) is 0 Å². The zero-order valence-corrected chi connectivity index (χ0v) is 21.4. The van der Waals surface area contributed by atoms with Crippen LogP contribution in [0.2, 0.25) is 0 Å². The Balaban J connectivity index is 2.99. The third-order valence-electron chi connectivity index (χ3n) is 5.46. The summed E-state index contributed by atoms with van der Waals surface area (Å²) in [6.07, 6.45) is -1.02. The SMILES string of the molecule is COC(=O)N[C@H](C(=O)N[C@@H](Cc1ccccc1)C(=O)N[C@@H](C)C(=O)NC(CCC(N)=O)B(O)O)C(C)C. The molecule has 0 saturated carbocycles. The van der Waals surface area contributed by atoms with E-state index in [0.717, 1.165) is 12.7 Å². The lowest BCUT2D eigenvalue weighted by molar-refractivity contribution is -0.132. The van der Waals surface area contributed by atoms with Crippen molar-refractivity contribution in [3.8, 4) is 0 Å². The Morgan fingerprint density at radius 3 is 2.05 bits per heavy atom. The second-order valence-electron chi connectivity index (χ2n) is 8.87. The van der Waals surface area contributed by atoms with Gasteiger partial charge in [0, 0.05) is 12.8 Å². The van der Waals surface area contributed by atoms with Gasteiger partial charge in [-0.15, -0.1) is 0 Å². The smallest absolute Gasteiger partial charge is 0.453 e. The van der Waals surface area contributed by atoms with Crippen LogP contribution in [-0.2, 0) is 30.3 Å². The largest absolute Gasteiger partial charge is 0.475 e. The lowest BCUT2D eigenvalue weighted by Crippen LogP contribution is -2.58. The molecule has 0 heterocycles. The van der Waals surface area contributed by atoms with Crippen molar-refractivity contribution < 1.29 is 38.8 Å². The summed E-state index contributed by atoms with van der Waals surface area (Å²) in [5.74, 6) is -4.24. The molecular weight excluding hydrogens is 485 g/mol. The van der Waals surface area contributed by atoms with E-state index in [9.17, 15) is 34.0 Å². The average Bonchev–Trinajstić information content (AvgIpc) is 2.84. The standard InChI is InChI=1S/C23H36BN5O8/c1-13(2)19(29-23(34)37-4)22(33)27-16(12-15-8-6-5-7-9-15)21(32)26-14(3)20(31)28-17(24(35)36)10-11-18(25)30/h5-9,13-14,16-17,19,35-36H,10-12H2,1-4H3,(H2,25,30)(H,26,32)(H,27,33)(H,28,31)(H,29,34)/t14-,16-,17?,19-/m0/s1. The summed E-state index contributed by atoms with van der Waals surface area (Å²) in [6.45, 7) is 4.80. The maximum atomic E-state index is 13.1. The Bertz CT molecular complexity index is 931. The summed E-state index contributed by atoms with van der Waals surface area (Å²) in [4.78, 5) is 61.4. The van der Waals surface area contributed by atoms with E-state index < -0.39 is 60.9 Å². The van der Waals surface area contributed by atoms with Gasteiger partial charge in [-0.2, -0.15) is 0 Å². The monoisotopic (exact) mass is 521 g/mol. The molecule has 37 heavy (non-hydrogen) atoms. The average molecular weight is 521 g/mol. The van der Waals surface area contributed by atoms with Gasteiger partial charge in [-0.1, -0.05) is 44.2 Å². The topological polar surface area (TPSA) is 209 Å². The highest BCUT2D eigenvalue weighted by atomic mass is 16.5. The van der Waals surface area contributed by atoms with Crippen molar-refractivity contribution in [2.75, 3.05) is 7.11 Å². The van der Waals surface area contributed by atoms with Crippen LogP contribution < -0.4 is 27.0 Å². The third kappa shape index (κ3) is 11.3. The number of nitrogens with one attached hydrogen (secondary N) is 4. The highest BCUT2D eigenvalue weighted by Crippen LogP contribution is 2.08. The number of rotatable bonds is 14. The second-order valence-corrected chi connectivity index (χ2v) is 8.87. The van der Waals surface area contributed by atoms with Gasteiger partial charge in [-0.3, -0.25) is 19.2 Å². The van der Waals surface area contributed by atoms with Crippen LogP contribution in [0.4, 0.5) is 4.79 Å². The first-order chi connectivity index (χ1) is 17.3. The molecule has 14 heteroatoms. The summed E-state index contributed by atoms with van der Waals surface area (Å²) in [6, 6.07) is 5.63. The molecular formula is C23H36BN5O8. The maximum absolute atomic E-state index is 13.1. The molecule has 0 aromatic heterocycles. The number of nitrogens with two attached hydrogens (primary N) is 1. The summed E-state index contributed by atoms with van der Waals surface area (Å²) in [7, 11) is -0.789. The van der Waals surface area contributed by atoms with Crippen LogP contribution in [0, 0.1) is 5.92 Å². The van der Waals surface area contributed by atoms with Crippen molar-refractivity contribution in [1.82, 2.24) is 21.3 Å². The molecule has 1 rings (SSSR count). The molecule has 0 bridgehead atoms. The van der Waals surface area contributed by atoms with Crippen LogP contribution in [0.15, 0.2) is 30.3 Å². The van der Waals surface area contributed by atoms with Crippen molar-refractivity contribution in [1.29, 1.82) is 0 Å². The quantitative estimate of drug-likeness (QED) is 0.141. The molecule has 0 radical (unpaired) electrons. The number of methoxy groups -OCH3 is 1.